The second-order valence-corrected chi connectivity index (χ2v) is 6.19. The van der Waals surface area contributed by atoms with Gasteiger partial charge in [0.05, 0.1) is 12.8 Å². The summed E-state index contributed by atoms with van der Waals surface area (Å²) in [5.74, 6) is 1.16. The van der Waals surface area contributed by atoms with Crippen molar-refractivity contribution in [3.63, 3.8) is 0 Å². The van der Waals surface area contributed by atoms with E-state index in [-0.39, 0.29) is 29.9 Å². The highest BCUT2D eigenvalue weighted by Crippen LogP contribution is 2.25. The predicted molar refractivity (Wildman–Crippen MR) is 124 cm³/mol. The monoisotopic (exact) mass is 517 g/mol. The van der Waals surface area contributed by atoms with Crippen molar-refractivity contribution in [3.8, 4) is 5.75 Å². The Hall–Kier alpha value is -2.07. The Balaban J connectivity index is 0.00000392. The Morgan fingerprint density at radius 1 is 1.21 bits per heavy atom. The highest BCUT2D eigenvalue weighted by molar-refractivity contribution is 14.0. The van der Waals surface area contributed by atoms with Crippen LogP contribution in [0.25, 0.3) is 0 Å². The summed E-state index contributed by atoms with van der Waals surface area (Å²) in [5, 5.41) is 9.76. The Bertz CT molecular complexity index is 799. The average molecular weight is 518 g/mol. The second-order valence-electron chi connectivity index (χ2n) is 5.81. The van der Waals surface area contributed by atoms with Crippen LogP contribution in [0.3, 0.4) is 0 Å². The van der Waals surface area contributed by atoms with Crippen LogP contribution in [0, 0.1) is 0 Å². The normalized spacial score (nSPS) is 10.6. The molecule has 7 nitrogen and oxygen atoms in total. The minimum Gasteiger partial charge on any atom is -0.495 e. The number of carbonyl (C=O) groups is 1. The smallest absolute Gasteiger partial charge is 0.221 e. The van der Waals surface area contributed by atoms with Gasteiger partial charge in [-0.3, -0.25) is 9.79 Å². The number of anilines is 1. The zero-order chi connectivity index (χ0) is 19.6. The van der Waals surface area contributed by atoms with Crippen LogP contribution < -0.4 is 20.7 Å². The number of carbonyl (C=O) groups excluding carboxylic acids is 1. The van der Waals surface area contributed by atoms with E-state index in [9.17, 15) is 4.79 Å². The first-order valence-electron chi connectivity index (χ1n) is 8.51. The zero-order valence-electron chi connectivity index (χ0n) is 16.1. The van der Waals surface area contributed by atoms with Crippen LogP contribution in [0.15, 0.2) is 41.5 Å². The van der Waals surface area contributed by atoms with Crippen molar-refractivity contribution in [2.75, 3.05) is 26.0 Å². The van der Waals surface area contributed by atoms with E-state index in [1.807, 2.05) is 24.3 Å². The lowest BCUT2D eigenvalue weighted by atomic mass is 10.2. The van der Waals surface area contributed by atoms with E-state index < -0.39 is 0 Å². The fourth-order valence-electron chi connectivity index (χ4n) is 2.44. The molecule has 28 heavy (non-hydrogen) atoms. The topological polar surface area (TPSA) is 87.6 Å². The molecule has 1 aromatic carbocycles. The second kappa shape index (κ2) is 12.4. The molecule has 0 saturated heterocycles. The summed E-state index contributed by atoms with van der Waals surface area (Å²) in [6, 6.07) is 9.37. The summed E-state index contributed by atoms with van der Waals surface area (Å²) in [7, 11) is 3.29. The predicted octanol–water partition coefficient (Wildman–Crippen LogP) is 3.23. The molecule has 1 amide bonds. The van der Waals surface area contributed by atoms with Crippen LogP contribution in [0.5, 0.6) is 5.75 Å². The van der Waals surface area contributed by atoms with Gasteiger partial charge in [0.2, 0.25) is 5.91 Å². The van der Waals surface area contributed by atoms with Crippen LogP contribution in [0.2, 0.25) is 5.15 Å². The molecule has 0 aliphatic carbocycles. The van der Waals surface area contributed by atoms with E-state index in [1.54, 1.807) is 26.4 Å². The van der Waals surface area contributed by atoms with Crippen molar-refractivity contribution >= 4 is 53.1 Å². The summed E-state index contributed by atoms with van der Waals surface area (Å²) >= 11 is 5.79. The summed E-state index contributed by atoms with van der Waals surface area (Å²) in [5.41, 5.74) is 2.73. The number of amides is 1. The first-order chi connectivity index (χ1) is 13.0. The molecule has 0 aliphatic heterocycles. The molecule has 0 unspecified atom stereocenters. The van der Waals surface area contributed by atoms with E-state index in [1.165, 1.54) is 6.92 Å². The number of hydrogen-bond acceptors (Lipinski definition) is 4. The molecule has 0 bridgehead atoms. The van der Waals surface area contributed by atoms with E-state index in [4.69, 9.17) is 16.3 Å². The molecule has 152 valence electrons. The van der Waals surface area contributed by atoms with E-state index in [0.717, 1.165) is 17.5 Å². The van der Waals surface area contributed by atoms with Gasteiger partial charge in [-0.1, -0.05) is 23.7 Å². The number of nitrogens with zero attached hydrogens (tertiary/aromatic N) is 2. The van der Waals surface area contributed by atoms with Crippen molar-refractivity contribution in [2.24, 2.45) is 4.99 Å². The summed E-state index contributed by atoms with van der Waals surface area (Å²) in [4.78, 5) is 19.6. The molecule has 2 rings (SSSR count). The van der Waals surface area contributed by atoms with Crippen molar-refractivity contribution in [3.05, 3.63) is 52.8 Å². The summed E-state index contributed by atoms with van der Waals surface area (Å²) < 4.78 is 5.27. The van der Waals surface area contributed by atoms with Crippen LogP contribution in [0.4, 0.5) is 5.69 Å². The maximum absolute atomic E-state index is 11.3. The highest BCUT2D eigenvalue weighted by atomic mass is 127. The van der Waals surface area contributed by atoms with Crippen LogP contribution in [0.1, 0.15) is 18.1 Å². The number of rotatable bonds is 7. The maximum Gasteiger partial charge on any atom is 0.221 e. The lowest BCUT2D eigenvalue weighted by Crippen LogP contribution is -2.37. The minimum atomic E-state index is -0.146. The molecule has 0 aliphatic rings. The lowest BCUT2D eigenvalue weighted by Gasteiger charge is -2.14. The van der Waals surface area contributed by atoms with Crippen molar-refractivity contribution in [1.82, 2.24) is 15.6 Å². The third kappa shape index (κ3) is 7.89. The molecule has 0 fully saturated rings. The van der Waals surface area contributed by atoms with Gasteiger partial charge in [0.1, 0.15) is 10.9 Å². The van der Waals surface area contributed by atoms with Gasteiger partial charge >= 0.3 is 0 Å². The summed E-state index contributed by atoms with van der Waals surface area (Å²) in [6.07, 6.45) is 2.57. The van der Waals surface area contributed by atoms with Gasteiger partial charge in [-0.2, -0.15) is 0 Å². The van der Waals surface area contributed by atoms with E-state index in [2.05, 4.69) is 25.9 Å². The molecule has 3 N–H and O–H groups in total. The van der Waals surface area contributed by atoms with Gasteiger partial charge in [0.15, 0.2) is 5.96 Å². The van der Waals surface area contributed by atoms with Gasteiger partial charge in [0, 0.05) is 33.3 Å². The number of ether oxygens (including phenoxy) is 1. The number of hydrogen-bond donors (Lipinski definition) is 3. The molecule has 0 atom stereocenters. The van der Waals surface area contributed by atoms with Crippen LogP contribution in [-0.2, 0) is 17.8 Å². The molecule has 0 radical (unpaired) electrons. The number of pyridine rings is 1. The van der Waals surface area contributed by atoms with Gasteiger partial charge in [-0.25, -0.2) is 4.98 Å². The molecule has 1 aromatic heterocycles. The third-order valence-electron chi connectivity index (χ3n) is 3.75. The zero-order valence-corrected chi connectivity index (χ0v) is 19.2. The average Bonchev–Trinajstić information content (AvgIpc) is 2.65. The molecular formula is C19H25ClIN5O2. The number of halogens is 2. The Morgan fingerprint density at radius 2 is 1.96 bits per heavy atom. The standard InChI is InChI=1S/C19H24ClN5O2.HI/c1-13(26)25-16-10-15(4-6-17(16)27-3)12-24-19(21-2)22-9-8-14-5-7-18(20)23-11-14;/h4-7,10-11H,8-9,12H2,1-3H3,(H,25,26)(H2,21,22,24);1H. The Morgan fingerprint density at radius 3 is 2.57 bits per heavy atom. The summed E-state index contributed by atoms with van der Waals surface area (Å²) in [6.45, 7) is 2.73. The number of aromatic nitrogens is 1. The van der Waals surface area contributed by atoms with Crippen LogP contribution in [-0.4, -0.2) is 37.6 Å². The number of nitrogens with one attached hydrogen (secondary N) is 3. The molecule has 9 heteroatoms. The van der Waals surface area contributed by atoms with E-state index >= 15 is 0 Å². The van der Waals surface area contributed by atoms with Gasteiger partial charge < -0.3 is 20.7 Å². The third-order valence-corrected chi connectivity index (χ3v) is 3.98. The fourth-order valence-corrected chi connectivity index (χ4v) is 2.55. The van der Waals surface area contributed by atoms with Crippen molar-refractivity contribution < 1.29 is 9.53 Å². The van der Waals surface area contributed by atoms with Crippen molar-refractivity contribution in [2.45, 2.75) is 19.9 Å². The SMILES string of the molecule is CN=C(NCCc1ccc(Cl)nc1)NCc1ccc(OC)c(NC(C)=O)c1.I. The number of aliphatic imine (C=N–C) groups is 1. The number of benzene rings is 1. The molecule has 1 heterocycles. The Labute approximate surface area is 187 Å². The molecular weight excluding hydrogens is 493 g/mol. The van der Waals surface area contributed by atoms with Gasteiger partial charge in [-0.05, 0) is 35.7 Å². The maximum atomic E-state index is 11.3. The lowest BCUT2D eigenvalue weighted by molar-refractivity contribution is -0.114. The van der Waals surface area contributed by atoms with E-state index in [0.29, 0.717) is 35.6 Å². The quantitative estimate of drug-likeness (QED) is 0.227. The van der Waals surface area contributed by atoms with Crippen LogP contribution >= 0.6 is 35.6 Å². The molecule has 2 aromatic rings. The van der Waals surface area contributed by atoms with Crippen molar-refractivity contribution in [1.29, 1.82) is 0 Å². The fraction of sp³-hybridized carbons (Fsp3) is 0.316. The number of guanidine groups is 1. The Kier molecular flexibility index (Phi) is 10.6. The largest absolute Gasteiger partial charge is 0.495 e. The minimum absolute atomic E-state index is 0. The first kappa shape index (κ1) is 24.0. The molecule has 0 saturated carbocycles. The van der Waals surface area contributed by atoms with Gasteiger partial charge in [-0.15, -0.1) is 24.0 Å². The highest BCUT2D eigenvalue weighted by Gasteiger charge is 2.07. The van der Waals surface area contributed by atoms with Gasteiger partial charge in [0.25, 0.3) is 0 Å². The number of methoxy groups -OCH3 is 1. The molecule has 0 spiro atoms. The first-order valence-corrected chi connectivity index (χ1v) is 8.89.